The molecule has 0 aliphatic carbocycles. The summed E-state index contributed by atoms with van der Waals surface area (Å²) < 4.78 is 27.8. The molecule has 1 aromatic rings. The molecule has 0 amide bonds. The maximum absolute atomic E-state index is 12.0. The second-order valence-electron chi connectivity index (χ2n) is 3.49. The van der Waals surface area contributed by atoms with Crippen LogP contribution >= 0.6 is 59.1 Å². The van der Waals surface area contributed by atoms with Gasteiger partial charge in [-0.3, -0.25) is 0 Å². The lowest BCUT2D eigenvalue weighted by Crippen LogP contribution is -2.48. The SMILES string of the molecule is CC(CBr)(CBr)NS(=O)(=O)c1ccc(Br)s1. The van der Waals surface area contributed by atoms with Crippen LogP contribution in [0.1, 0.15) is 6.92 Å². The quantitative estimate of drug-likeness (QED) is 0.692. The Morgan fingerprint density at radius 1 is 1.38 bits per heavy atom. The van der Waals surface area contributed by atoms with Crippen molar-refractivity contribution in [2.45, 2.75) is 16.7 Å². The number of halogens is 3. The molecule has 1 heterocycles. The van der Waals surface area contributed by atoms with Crippen LogP contribution in [0, 0.1) is 0 Å². The molecular weight excluding hydrogens is 446 g/mol. The minimum atomic E-state index is -3.44. The molecule has 1 aromatic heterocycles. The Morgan fingerprint density at radius 2 is 1.94 bits per heavy atom. The molecule has 0 fully saturated rings. The van der Waals surface area contributed by atoms with Crippen molar-refractivity contribution in [3.8, 4) is 0 Å². The fourth-order valence-electron chi connectivity index (χ4n) is 0.907. The fraction of sp³-hybridized carbons (Fsp3) is 0.500. The van der Waals surface area contributed by atoms with Crippen molar-refractivity contribution in [2.24, 2.45) is 0 Å². The summed E-state index contributed by atoms with van der Waals surface area (Å²) in [6.07, 6.45) is 0. The smallest absolute Gasteiger partial charge is 0.206 e. The molecule has 8 heteroatoms. The maximum Gasteiger partial charge on any atom is 0.250 e. The molecule has 1 N–H and O–H groups in total. The van der Waals surface area contributed by atoms with Crippen LogP contribution in [0.2, 0.25) is 0 Å². The molecule has 0 spiro atoms. The first-order valence-corrected chi connectivity index (χ1v) is 9.58. The zero-order chi connectivity index (χ0) is 12.4. The summed E-state index contributed by atoms with van der Waals surface area (Å²) in [5, 5.41) is 1.08. The molecule has 0 aliphatic rings. The molecule has 3 nitrogen and oxygen atoms in total. The van der Waals surface area contributed by atoms with Gasteiger partial charge in [-0.1, -0.05) is 31.9 Å². The molecule has 0 saturated carbocycles. The number of sulfonamides is 1. The van der Waals surface area contributed by atoms with E-state index in [0.717, 1.165) is 3.79 Å². The van der Waals surface area contributed by atoms with Gasteiger partial charge in [0.15, 0.2) is 0 Å². The van der Waals surface area contributed by atoms with E-state index in [1.807, 2.05) is 6.92 Å². The summed E-state index contributed by atoms with van der Waals surface area (Å²) in [6, 6.07) is 3.30. The predicted octanol–water partition coefficient (Wildman–Crippen LogP) is 3.34. The lowest BCUT2D eigenvalue weighted by Gasteiger charge is -2.25. The van der Waals surface area contributed by atoms with Gasteiger partial charge in [-0.2, -0.15) is 0 Å². The third-order valence-electron chi connectivity index (χ3n) is 1.78. The molecule has 0 saturated heterocycles. The lowest BCUT2D eigenvalue weighted by atomic mass is 10.1. The summed E-state index contributed by atoms with van der Waals surface area (Å²) in [6.45, 7) is 1.83. The van der Waals surface area contributed by atoms with Crippen molar-refractivity contribution in [3.63, 3.8) is 0 Å². The van der Waals surface area contributed by atoms with E-state index in [9.17, 15) is 8.42 Å². The van der Waals surface area contributed by atoms with Crippen molar-refractivity contribution < 1.29 is 8.42 Å². The van der Waals surface area contributed by atoms with Gasteiger partial charge in [0, 0.05) is 16.2 Å². The van der Waals surface area contributed by atoms with Crippen LogP contribution in [0.25, 0.3) is 0 Å². The highest BCUT2D eigenvalue weighted by atomic mass is 79.9. The number of thiophene rings is 1. The highest BCUT2D eigenvalue weighted by Gasteiger charge is 2.29. The van der Waals surface area contributed by atoms with E-state index >= 15 is 0 Å². The summed E-state index contributed by atoms with van der Waals surface area (Å²) >= 11 is 11.0. The number of rotatable bonds is 5. The third-order valence-corrected chi connectivity index (χ3v) is 8.01. The van der Waals surface area contributed by atoms with E-state index in [2.05, 4.69) is 52.5 Å². The summed E-state index contributed by atoms with van der Waals surface area (Å²) in [4.78, 5) is 0. The Hall–Kier alpha value is 1.05. The molecule has 92 valence electrons. The first-order chi connectivity index (χ1) is 7.33. The van der Waals surface area contributed by atoms with Crippen LogP contribution in [-0.2, 0) is 10.0 Å². The molecule has 0 aromatic carbocycles. The number of alkyl halides is 2. The Labute approximate surface area is 124 Å². The van der Waals surface area contributed by atoms with E-state index in [1.54, 1.807) is 12.1 Å². The van der Waals surface area contributed by atoms with Gasteiger partial charge in [0.2, 0.25) is 0 Å². The Morgan fingerprint density at radius 3 is 2.31 bits per heavy atom. The van der Waals surface area contributed by atoms with Crippen molar-refractivity contribution >= 4 is 69.1 Å². The zero-order valence-corrected chi connectivity index (χ0v) is 14.7. The average Bonchev–Trinajstić information content (AvgIpc) is 2.65. The maximum atomic E-state index is 12.0. The predicted molar refractivity (Wildman–Crippen MR) is 78.3 cm³/mol. The van der Waals surface area contributed by atoms with Gasteiger partial charge in [0.1, 0.15) is 4.21 Å². The zero-order valence-electron chi connectivity index (χ0n) is 8.34. The minimum Gasteiger partial charge on any atom is -0.206 e. The van der Waals surface area contributed by atoms with Gasteiger partial charge >= 0.3 is 0 Å². The molecule has 0 bridgehead atoms. The van der Waals surface area contributed by atoms with Crippen LogP contribution in [-0.4, -0.2) is 24.6 Å². The van der Waals surface area contributed by atoms with Crippen molar-refractivity contribution in [1.29, 1.82) is 0 Å². The fourth-order valence-corrected chi connectivity index (χ4v) is 5.90. The van der Waals surface area contributed by atoms with Crippen LogP contribution in [0.15, 0.2) is 20.1 Å². The number of hydrogen-bond donors (Lipinski definition) is 1. The van der Waals surface area contributed by atoms with E-state index in [1.165, 1.54) is 11.3 Å². The standard InChI is InChI=1S/C8H10Br3NO2S2/c1-8(4-9,5-10)12-16(13,14)7-3-2-6(11)15-7/h2-3,12H,4-5H2,1H3. The van der Waals surface area contributed by atoms with Gasteiger partial charge in [0.05, 0.1) is 3.79 Å². The van der Waals surface area contributed by atoms with Crippen molar-refractivity contribution in [1.82, 2.24) is 4.72 Å². The summed E-state index contributed by atoms with van der Waals surface area (Å²) in [7, 11) is -3.44. The molecule has 0 atom stereocenters. The monoisotopic (exact) mass is 453 g/mol. The first kappa shape index (κ1) is 15.1. The summed E-state index contributed by atoms with van der Waals surface area (Å²) in [5.74, 6) is 0. The van der Waals surface area contributed by atoms with Gasteiger partial charge in [-0.05, 0) is 35.0 Å². The topological polar surface area (TPSA) is 46.2 Å². The Bertz CT molecular complexity index is 454. The highest BCUT2D eigenvalue weighted by Crippen LogP contribution is 2.27. The second-order valence-corrected chi connectivity index (χ2v) is 8.99. The van der Waals surface area contributed by atoms with E-state index in [-0.39, 0.29) is 0 Å². The van der Waals surface area contributed by atoms with E-state index < -0.39 is 15.6 Å². The van der Waals surface area contributed by atoms with Gasteiger partial charge in [-0.25, -0.2) is 13.1 Å². The van der Waals surface area contributed by atoms with Gasteiger partial charge in [-0.15, -0.1) is 11.3 Å². The average molecular weight is 456 g/mol. The minimum absolute atomic E-state index is 0.313. The van der Waals surface area contributed by atoms with Crippen LogP contribution in [0.3, 0.4) is 0 Å². The number of hydrogen-bond acceptors (Lipinski definition) is 3. The molecule has 0 aliphatic heterocycles. The van der Waals surface area contributed by atoms with Gasteiger partial charge < -0.3 is 0 Å². The van der Waals surface area contributed by atoms with Crippen molar-refractivity contribution in [2.75, 3.05) is 10.7 Å². The molecule has 0 radical (unpaired) electrons. The Balaban J connectivity index is 2.96. The second kappa shape index (κ2) is 5.79. The first-order valence-electron chi connectivity index (χ1n) is 4.24. The Kier molecular flexibility index (Phi) is 5.47. The van der Waals surface area contributed by atoms with Gasteiger partial charge in [0.25, 0.3) is 10.0 Å². The van der Waals surface area contributed by atoms with E-state index in [0.29, 0.717) is 14.9 Å². The molecular formula is C8H10Br3NO2S2. The van der Waals surface area contributed by atoms with E-state index in [4.69, 9.17) is 0 Å². The lowest BCUT2D eigenvalue weighted by molar-refractivity contribution is 0.510. The van der Waals surface area contributed by atoms with Crippen LogP contribution in [0.4, 0.5) is 0 Å². The van der Waals surface area contributed by atoms with Crippen LogP contribution in [0.5, 0.6) is 0 Å². The van der Waals surface area contributed by atoms with Crippen molar-refractivity contribution in [3.05, 3.63) is 15.9 Å². The normalized spacial score (nSPS) is 13.0. The molecule has 0 unspecified atom stereocenters. The highest BCUT2D eigenvalue weighted by molar-refractivity contribution is 9.11. The largest absolute Gasteiger partial charge is 0.250 e. The van der Waals surface area contributed by atoms with Crippen LogP contribution < -0.4 is 4.72 Å². The number of nitrogens with one attached hydrogen (secondary N) is 1. The molecule has 16 heavy (non-hydrogen) atoms. The third kappa shape index (κ3) is 3.78. The summed E-state index contributed by atoms with van der Waals surface area (Å²) in [5.41, 5.74) is -0.532. The molecule has 1 rings (SSSR count).